The van der Waals surface area contributed by atoms with Crippen molar-refractivity contribution in [3.63, 3.8) is 0 Å². The number of fused-ring (bicyclic) bond motifs is 1. The highest BCUT2D eigenvalue weighted by atomic mass is 19.1. The van der Waals surface area contributed by atoms with Crippen LogP contribution in [0.5, 0.6) is 0 Å². The fraction of sp³-hybridized carbons (Fsp3) is 0.522. The molecule has 0 N–H and O–H groups in total. The van der Waals surface area contributed by atoms with Gasteiger partial charge in [-0.3, -0.25) is 4.79 Å². The van der Waals surface area contributed by atoms with Crippen molar-refractivity contribution >= 4 is 11.7 Å². The fourth-order valence-electron chi connectivity index (χ4n) is 4.45. The first-order chi connectivity index (χ1) is 14.4. The van der Waals surface area contributed by atoms with Gasteiger partial charge in [0.05, 0.1) is 18.2 Å². The Morgan fingerprint density at radius 2 is 1.93 bits per heavy atom. The molecule has 2 aromatic rings. The Hall–Kier alpha value is -2.54. The summed E-state index contributed by atoms with van der Waals surface area (Å²) in [6.07, 6.45) is 4.10. The lowest BCUT2D eigenvalue weighted by Crippen LogP contribution is -2.41. The van der Waals surface area contributed by atoms with Crippen LogP contribution in [0.3, 0.4) is 0 Å². The lowest BCUT2D eigenvalue weighted by atomic mass is 9.99. The number of carbonyl (C=O) groups is 1. The molecule has 1 atom stereocenters. The van der Waals surface area contributed by atoms with Crippen LogP contribution in [0.4, 0.5) is 10.2 Å². The molecule has 2 aliphatic rings. The largest absolute Gasteiger partial charge is 0.362 e. The van der Waals surface area contributed by atoms with Gasteiger partial charge >= 0.3 is 0 Å². The number of likely N-dealkylation sites (N-methyl/N-ethyl adjacent to an activating group) is 1. The second kappa shape index (κ2) is 8.68. The van der Waals surface area contributed by atoms with Crippen LogP contribution < -0.4 is 4.90 Å². The zero-order valence-electron chi connectivity index (χ0n) is 18.1. The quantitative estimate of drug-likeness (QED) is 0.774. The molecule has 1 aromatic carbocycles. The molecule has 30 heavy (non-hydrogen) atoms. The number of aromatic nitrogens is 2. The number of hydrogen-bond acceptors (Lipinski definition) is 5. The maximum Gasteiger partial charge on any atom is 0.227 e. The molecule has 0 unspecified atom stereocenters. The molecule has 4 rings (SSSR count). The van der Waals surface area contributed by atoms with Gasteiger partial charge in [0.2, 0.25) is 5.91 Å². The third kappa shape index (κ3) is 4.31. The summed E-state index contributed by atoms with van der Waals surface area (Å²) in [5.74, 6) is 1.48. The third-order valence-corrected chi connectivity index (χ3v) is 6.06. The summed E-state index contributed by atoms with van der Waals surface area (Å²) in [7, 11) is 6.14. The second-order valence-corrected chi connectivity index (χ2v) is 8.61. The normalized spacial score (nSPS) is 19.5. The number of piperidine rings is 1. The number of halogens is 1. The Labute approximate surface area is 177 Å². The molecule has 6 nitrogen and oxygen atoms in total. The Morgan fingerprint density at radius 3 is 2.67 bits per heavy atom. The van der Waals surface area contributed by atoms with Gasteiger partial charge in [0.15, 0.2) is 5.82 Å². The molecule has 0 radical (unpaired) electrons. The molecule has 1 aromatic heterocycles. The number of amides is 1. The van der Waals surface area contributed by atoms with Gasteiger partial charge in [-0.25, -0.2) is 14.4 Å². The van der Waals surface area contributed by atoms with E-state index in [2.05, 4.69) is 16.8 Å². The number of benzene rings is 1. The number of nitrogens with zero attached hydrogens (tertiary/aromatic N) is 5. The Morgan fingerprint density at radius 1 is 1.17 bits per heavy atom. The van der Waals surface area contributed by atoms with Crippen molar-refractivity contribution < 1.29 is 9.18 Å². The van der Waals surface area contributed by atoms with Crippen LogP contribution in [0.2, 0.25) is 0 Å². The molecule has 0 aliphatic carbocycles. The summed E-state index contributed by atoms with van der Waals surface area (Å²) in [4.78, 5) is 29.3. The highest BCUT2D eigenvalue weighted by Gasteiger charge is 2.32. The molecule has 1 fully saturated rings. The van der Waals surface area contributed by atoms with E-state index in [0.717, 1.165) is 61.7 Å². The third-order valence-electron chi connectivity index (χ3n) is 6.06. The number of hydrogen-bond donors (Lipinski definition) is 0. The number of rotatable bonds is 4. The van der Waals surface area contributed by atoms with E-state index in [9.17, 15) is 9.18 Å². The van der Waals surface area contributed by atoms with Gasteiger partial charge in [0.1, 0.15) is 11.6 Å². The van der Waals surface area contributed by atoms with Gasteiger partial charge in [0, 0.05) is 45.7 Å². The summed E-state index contributed by atoms with van der Waals surface area (Å²) in [5, 5.41) is 0. The van der Waals surface area contributed by atoms with Crippen molar-refractivity contribution in [1.82, 2.24) is 19.8 Å². The van der Waals surface area contributed by atoms with Crippen molar-refractivity contribution in [2.75, 3.05) is 39.1 Å². The van der Waals surface area contributed by atoms with E-state index in [1.54, 1.807) is 12.1 Å². The maximum absolute atomic E-state index is 13.2. The standard InChI is InChI=1S/C23H30FN5O/c1-27(2)23-18-15-28(3)13-11-19(18)25-22(26-23)20-6-4-5-12-29(20)21(30)14-16-7-9-17(24)10-8-16/h7-10,20H,4-6,11-15H2,1-3H3/t20-/m0/s1. The molecule has 1 saturated heterocycles. The molecule has 0 spiro atoms. The Balaban J connectivity index is 1.63. The molecule has 3 heterocycles. The van der Waals surface area contributed by atoms with Crippen LogP contribution in [0.15, 0.2) is 24.3 Å². The molecular weight excluding hydrogens is 381 g/mol. The minimum absolute atomic E-state index is 0.0544. The first-order valence-corrected chi connectivity index (χ1v) is 10.7. The molecule has 2 aliphatic heterocycles. The SMILES string of the molecule is CN1CCc2nc([C@@H]3CCCCN3C(=O)Cc3ccc(F)cc3)nc(N(C)C)c2C1. The predicted octanol–water partition coefficient (Wildman–Crippen LogP) is 2.97. The van der Waals surface area contributed by atoms with Crippen molar-refractivity contribution in [3.05, 3.63) is 52.7 Å². The summed E-state index contributed by atoms with van der Waals surface area (Å²) in [6, 6.07) is 6.08. The number of carbonyl (C=O) groups excluding carboxylic acids is 1. The minimum Gasteiger partial charge on any atom is -0.362 e. The van der Waals surface area contributed by atoms with Gasteiger partial charge in [-0.1, -0.05) is 12.1 Å². The van der Waals surface area contributed by atoms with Gasteiger partial charge < -0.3 is 14.7 Å². The van der Waals surface area contributed by atoms with E-state index < -0.39 is 0 Å². The average Bonchev–Trinajstić information content (AvgIpc) is 2.74. The smallest absolute Gasteiger partial charge is 0.227 e. The van der Waals surface area contributed by atoms with Gasteiger partial charge in [-0.05, 0) is 44.0 Å². The van der Waals surface area contributed by atoms with Crippen LogP contribution in [0.25, 0.3) is 0 Å². The lowest BCUT2D eigenvalue weighted by Gasteiger charge is -2.36. The monoisotopic (exact) mass is 411 g/mol. The van der Waals surface area contributed by atoms with E-state index >= 15 is 0 Å². The van der Waals surface area contributed by atoms with E-state index in [1.165, 1.54) is 17.7 Å². The first-order valence-electron chi connectivity index (χ1n) is 10.7. The molecular formula is C23H30FN5O. The average molecular weight is 412 g/mol. The molecule has 7 heteroatoms. The topological polar surface area (TPSA) is 52.6 Å². The van der Waals surface area contributed by atoms with Crippen LogP contribution in [-0.2, 0) is 24.2 Å². The van der Waals surface area contributed by atoms with Gasteiger partial charge in [-0.15, -0.1) is 0 Å². The van der Waals surface area contributed by atoms with E-state index in [0.29, 0.717) is 6.54 Å². The molecule has 0 bridgehead atoms. The summed E-state index contributed by atoms with van der Waals surface area (Å²) >= 11 is 0. The van der Waals surface area contributed by atoms with Crippen molar-refractivity contribution in [1.29, 1.82) is 0 Å². The van der Waals surface area contributed by atoms with E-state index in [1.807, 2.05) is 19.0 Å². The fourth-order valence-corrected chi connectivity index (χ4v) is 4.45. The van der Waals surface area contributed by atoms with Crippen LogP contribution in [0, 0.1) is 5.82 Å². The van der Waals surface area contributed by atoms with Crippen LogP contribution >= 0.6 is 0 Å². The van der Waals surface area contributed by atoms with Crippen LogP contribution in [-0.4, -0.2) is 59.9 Å². The molecule has 1 amide bonds. The predicted molar refractivity (Wildman–Crippen MR) is 115 cm³/mol. The van der Waals surface area contributed by atoms with E-state index in [4.69, 9.17) is 9.97 Å². The highest BCUT2D eigenvalue weighted by molar-refractivity contribution is 5.79. The van der Waals surface area contributed by atoms with Crippen molar-refractivity contribution in [2.24, 2.45) is 0 Å². The Kier molecular flexibility index (Phi) is 5.99. The Bertz CT molecular complexity index is 915. The maximum atomic E-state index is 13.2. The highest BCUT2D eigenvalue weighted by Crippen LogP contribution is 2.33. The summed E-state index contributed by atoms with van der Waals surface area (Å²) < 4.78 is 13.2. The van der Waals surface area contributed by atoms with E-state index in [-0.39, 0.29) is 24.2 Å². The molecule has 160 valence electrons. The second-order valence-electron chi connectivity index (χ2n) is 8.61. The zero-order chi connectivity index (χ0) is 21.3. The minimum atomic E-state index is -0.286. The summed E-state index contributed by atoms with van der Waals surface area (Å²) in [6.45, 7) is 2.54. The van der Waals surface area contributed by atoms with Crippen molar-refractivity contribution in [2.45, 2.75) is 44.7 Å². The lowest BCUT2D eigenvalue weighted by molar-refractivity contribution is -0.134. The van der Waals surface area contributed by atoms with Gasteiger partial charge in [0.25, 0.3) is 0 Å². The van der Waals surface area contributed by atoms with Crippen LogP contribution in [0.1, 0.15) is 47.9 Å². The molecule has 0 saturated carbocycles. The summed E-state index contributed by atoms with van der Waals surface area (Å²) in [5.41, 5.74) is 3.13. The zero-order valence-corrected chi connectivity index (χ0v) is 18.1. The van der Waals surface area contributed by atoms with Gasteiger partial charge in [-0.2, -0.15) is 0 Å². The van der Waals surface area contributed by atoms with Crippen molar-refractivity contribution in [3.8, 4) is 0 Å². The number of likely N-dealkylation sites (tertiary alicyclic amines) is 1. The number of anilines is 1. The first kappa shape index (κ1) is 20.7.